The number of aryl methyl sites for hydroxylation is 1. The summed E-state index contributed by atoms with van der Waals surface area (Å²) in [6, 6.07) is 15.3. The maximum Gasteiger partial charge on any atom is 0.234 e. The largest absolute Gasteiger partial charge is 0.325 e. The molecule has 2 nitrogen and oxygen atoms in total. The van der Waals surface area contributed by atoms with E-state index in [9.17, 15) is 4.79 Å². The Morgan fingerprint density at radius 2 is 2.00 bits per heavy atom. The zero-order valence-corrected chi connectivity index (χ0v) is 12.1. The summed E-state index contributed by atoms with van der Waals surface area (Å²) >= 11 is 7.47. The van der Waals surface area contributed by atoms with Gasteiger partial charge in [0, 0.05) is 10.6 Å². The van der Waals surface area contributed by atoms with Gasteiger partial charge in [0.05, 0.1) is 10.8 Å². The number of hydrogen-bond donors (Lipinski definition) is 1. The lowest BCUT2D eigenvalue weighted by Gasteiger charge is -2.06. The van der Waals surface area contributed by atoms with Gasteiger partial charge in [-0.1, -0.05) is 35.9 Å². The summed E-state index contributed by atoms with van der Waals surface area (Å²) in [5.74, 6) is 0.313. The highest BCUT2D eigenvalue weighted by atomic mass is 35.5. The van der Waals surface area contributed by atoms with Crippen molar-refractivity contribution in [3.05, 3.63) is 59.1 Å². The molecule has 98 valence electrons. The van der Waals surface area contributed by atoms with Gasteiger partial charge in [-0.05, 0) is 36.8 Å². The van der Waals surface area contributed by atoms with Crippen LogP contribution in [0.4, 0.5) is 5.69 Å². The molecule has 0 spiro atoms. The molecule has 0 fully saturated rings. The van der Waals surface area contributed by atoms with E-state index in [-0.39, 0.29) is 5.91 Å². The number of carbonyl (C=O) groups excluding carboxylic acids is 1. The molecule has 0 saturated heterocycles. The number of carbonyl (C=O) groups is 1. The molecule has 19 heavy (non-hydrogen) atoms. The van der Waals surface area contributed by atoms with Crippen molar-refractivity contribution in [1.29, 1.82) is 0 Å². The molecule has 1 amide bonds. The van der Waals surface area contributed by atoms with Gasteiger partial charge in [0.25, 0.3) is 0 Å². The van der Waals surface area contributed by atoms with Crippen molar-refractivity contribution in [1.82, 2.24) is 0 Å². The summed E-state index contributed by atoms with van der Waals surface area (Å²) in [6.07, 6.45) is 0. The summed E-state index contributed by atoms with van der Waals surface area (Å²) in [6.45, 7) is 1.99. The number of benzene rings is 2. The third-order valence-corrected chi connectivity index (χ3v) is 4.01. The van der Waals surface area contributed by atoms with Gasteiger partial charge in [0.15, 0.2) is 0 Å². The van der Waals surface area contributed by atoms with Crippen LogP contribution in [0.25, 0.3) is 0 Å². The van der Waals surface area contributed by atoms with Crippen LogP contribution in [0.15, 0.2) is 53.4 Å². The number of halogens is 1. The van der Waals surface area contributed by atoms with Crippen LogP contribution in [-0.2, 0) is 4.79 Å². The van der Waals surface area contributed by atoms with Crippen LogP contribution in [0, 0.1) is 6.92 Å². The Balaban J connectivity index is 1.90. The first-order valence-corrected chi connectivity index (χ1v) is 7.25. The Bertz CT molecular complexity index is 586. The van der Waals surface area contributed by atoms with Crippen molar-refractivity contribution in [2.75, 3.05) is 11.1 Å². The monoisotopic (exact) mass is 291 g/mol. The van der Waals surface area contributed by atoms with Crippen LogP contribution < -0.4 is 5.32 Å². The second-order valence-corrected chi connectivity index (χ2v) is 5.56. The van der Waals surface area contributed by atoms with Gasteiger partial charge in [-0.2, -0.15) is 0 Å². The molecule has 0 radical (unpaired) electrons. The van der Waals surface area contributed by atoms with Gasteiger partial charge in [-0.25, -0.2) is 0 Å². The summed E-state index contributed by atoms with van der Waals surface area (Å²) in [4.78, 5) is 12.8. The smallest absolute Gasteiger partial charge is 0.234 e. The third kappa shape index (κ3) is 4.30. The van der Waals surface area contributed by atoms with Crippen molar-refractivity contribution >= 4 is 35.0 Å². The Hall–Kier alpha value is -1.45. The average Bonchev–Trinajstić information content (AvgIpc) is 2.38. The highest BCUT2D eigenvalue weighted by Gasteiger charge is 2.05. The molecule has 2 aromatic rings. The Kier molecular flexibility index (Phi) is 4.88. The lowest BCUT2D eigenvalue weighted by molar-refractivity contribution is -0.113. The van der Waals surface area contributed by atoms with E-state index in [1.54, 1.807) is 0 Å². The summed E-state index contributed by atoms with van der Waals surface area (Å²) < 4.78 is 0. The predicted molar refractivity (Wildman–Crippen MR) is 82.0 cm³/mol. The first-order valence-electron chi connectivity index (χ1n) is 5.89. The number of thioether (sulfide) groups is 1. The minimum Gasteiger partial charge on any atom is -0.325 e. The molecule has 0 bridgehead atoms. The van der Waals surface area contributed by atoms with Crippen LogP contribution in [0.2, 0.25) is 5.02 Å². The van der Waals surface area contributed by atoms with E-state index in [1.807, 2.05) is 55.5 Å². The van der Waals surface area contributed by atoms with Gasteiger partial charge in [-0.3, -0.25) is 4.79 Å². The quantitative estimate of drug-likeness (QED) is 0.847. The summed E-state index contributed by atoms with van der Waals surface area (Å²) in [7, 11) is 0. The molecule has 0 atom stereocenters. The minimum atomic E-state index is -0.0319. The van der Waals surface area contributed by atoms with Crippen molar-refractivity contribution in [3.63, 3.8) is 0 Å². The molecular formula is C15H14ClNOS. The molecule has 0 heterocycles. The summed E-state index contributed by atoms with van der Waals surface area (Å²) in [5, 5.41) is 3.55. The third-order valence-electron chi connectivity index (χ3n) is 2.50. The Labute approximate surface area is 122 Å². The van der Waals surface area contributed by atoms with Crippen LogP contribution in [-0.4, -0.2) is 11.7 Å². The fraction of sp³-hybridized carbons (Fsp3) is 0.133. The molecule has 1 N–H and O–H groups in total. The molecule has 2 aromatic carbocycles. The molecule has 0 aliphatic rings. The zero-order valence-electron chi connectivity index (χ0n) is 10.5. The fourth-order valence-corrected chi connectivity index (χ4v) is 2.66. The van der Waals surface area contributed by atoms with E-state index in [4.69, 9.17) is 11.6 Å². The number of nitrogens with one attached hydrogen (secondary N) is 1. The van der Waals surface area contributed by atoms with E-state index < -0.39 is 0 Å². The Morgan fingerprint density at radius 1 is 1.21 bits per heavy atom. The number of anilines is 1. The number of amides is 1. The SMILES string of the molecule is Cc1cccc(NC(=O)CSc2ccccc2Cl)c1. The van der Waals surface area contributed by atoms with Crippen molar-refractivity contribution in [2.24, 2.45) is 0 Å². The van der Waals surface area contributed by atoms with Crippen molar-refractivity contribution in [3.8, 4) is 0 Å². The summed E-state index contributed by atoms with van der Waals surface area (Å²) in [5.41, 5.74) is 1.95. The molecule has 2 rings (SSSR count). The van der Waals surface area contributed by atoms with E-state index in [0.29, 0.717) is 10.8 Å². The first-order chi connectivity index (χ1) is 9.15. The maximum atomic E-state index is 11.8. The molecule has 0 aliphatic heterocycles. The zero-order chi connectivity index (χ0) is 13.7. The van der Waals surface area contributed by atoms with Gasteiger partial charge in [0.1, 0.15) is 0 Å². The highest BCUT2D eigenvalue weighted by molar-refractivity contribution is 8.00. The Morgan fingerprint density at radius 3 is 2.74 bits per heavy atom. The van der Waals surface area contributed by atoms with Gasteiger partial charge in [-0.15, -0.1) is 11.8 Å². The molecular weight excluding hydrogens is 278 g/mol. The van der Waals surface area contributed by atoms with E-state index in [2.05, 4.69) is 5.32 Å². The van der Waals surface area contributed by atoms with E-state index in [0.717, 1.165) is 16.1 Å². The molecule has 4 heteroatoms. The van der Waals surface area contributed by atoms with Gasteiger partial charge in [0.2, 0.25) is 5.91 Å². The molecule has 0 aromatic heterocycles. The number of hydrogen-bond acceptors (Lipinski definition) is 2. The van der Waals surface area contributed by atoms with Crippen LogP contribution >= 0.6 is 23.4 Å². The first kappa shape index (κ1) is 14.0. The fourth-order valence-electron chi connectivity index (χ4n) is 1.62. The van der Waals surface area contributed by atoms with E-state index in [1.165, 1.54) is 11.8 Å². The molecule has 0 saturated carbocycles. The number of rotatable bonds is 4. The molecule has 0 aliphatic carbocycles. The second-order valence-electron chi connectivity index (χ2n) is 4.14. The van der Waals surface area contributed by atoms with Crippen molar-refractivity contribution in [2.45, 2.75) is 11.8 Å². The molecule has 0 unspecified atom stereocenters. The van der Waals surface area contributed by atoms with E-state index >= 15 is 0 Å². The van der Waals surface area contributed by atoms with Crippen molar-refractivity contribution < 1.29 is 4.79 Å². The van der Waals surface area contributed by atoms with Gasteiger partial charge < -0.3 is 5.32 Å². The topological polar surface area (TPSA) is 29.1 Å². The lowest BCUT2D eigenvalue weighted by atomic mass is 10.2. The van der Waals surface area contributed by atoms with Crippen LogP contribution in [0.1, 0.15) is 5.56 Å². The predicted octanol–water partition coefficient (Wildman–Crippen LogP) is 4.38. The average molecular weight is 292 g/mol. The highest BCUT2D eigenvalue weighted by Crippen LogP contribution is 2.26. The van der Waals surface area contributed by atoms with Crippen LogP contribution in [0.5, 0.6) is 0 Å². The van der Waals surface area contributed by atoms with Crippen LogP contribution in [0.3, 0.4) is 0 Å². The minimum absolute atomic E-state index is 0.0319. The maximum absolute atomic E-state index is 11.8. The standard InChI is InChI=1S/C15H14ClNOS/c1-11-5-4-6-12(9-11)17-15(18)10-19-14-8-3-2-7-13(14)16/h2-9H,10H2,1H3,(H,17,18). The van der Waals surface area contributed by atoms with Gasteiger partial charge >= 0.3 is 0 Å². The lowest BCUT2D eigenvalue weighted by Crippen LogP contribution is -2.13. The normalized spacial score (nSPS) is 10.2. The second kappa shape index (κ2) is 6.64.